The molecule has 129 heavy (non-hydrogen) atoms. The second-order valence-corrected chi connectivity index (χ2v) is 30.3. The van der Waals surface area contributed by atoms with E-state index in [0.29, 0.717) is 0 Å². The zero-order chi connectivity index (χ0) is 88.6. The predicted molar refractivity (Wildman–Crippen MR) is 511 cm³/mol. The van der Waals surface area contributed by atoms with Gasteiger partial charge in [0.2, 0.25) is 0 Å². The number of aliphatic hydroxyl groups is 3. The minimum absolute atomic E-state index is 0. The summed E-state index contributed by atoms with van der Waals surface area (Å²) in [6.07, 6.45) is 23.7. The third kappa shape index (κ3) is 30.5. The summed E-state index contributed by atoms with van der Waals surface area (Å²) >= 11 is 1.73. The summed E-state index contributed by atoms with van der Waals surface area (Å²) in [6, 6.07) is 89.4. The van der Waals surface area contributed by atoms with Crippen molar-refractivity contribution in [3.63, 3.8) is 0 Å². The number of para-hydroxylation sites is 1. The maximum atomic E-state index is 10.0. The Labute approximate surface area is 831 Å². The first kappa shape index (κ1) is 109. The van der Waals surface area contributed by atoms with Gasteiger partial charge < -0.3 is 45.2 Å². The van der Waals surface area contributed by atoms with Crippen molar-refractivity contribution < 1.29 is 131 Å². The molecule has 13 nitrogen and oxygen atoms in total. The van der Waals surface area contributed by atoms with E-state index in [0.717, 1.165) is 145 Å². The fourth-order valence-corrected chi connectivity index (χ4v) is 15.9. The number of aromatic nitrogens is 7. The second kappa shape index (κ2) is 55.5. The molecular weight excluding hydrogens is 2510 g/mol. The van der Waals surface area contributed by atoms with Crippen molar-refractivity contribution in [2.24, 2.45) is 0 Å². The van der Waals surface area contributed by atoms with Crippen molar-refractivity contribution in [2.45, 2.75) is 148 Å². The summed E-state index contributed by atoms with van der Waals surface area (Å²) < 4.78 is 1.26. The van der Waals surface area contributed by atoms with Crippen LogP contribution in [0, 0.1) is 30.3 Å². The molecule has 674 valence electrons. The molecule has 0 aliphatic carbocycles. The van der Waals surface area contributed by atoms with Crippen molar-refractivity contribution in [3.05, 3.63) is 385 Å². The zero-order valence-corrected chi connectivity index (χ0v) is 87.6. The molecule has 1 aliphatic heterocycles. The molecule has 8 bridgehead atoms. The number of fused-ring (bicyclic) bond motifs is 12. The quantitative estimate of drug-likeness (QED) is 0.0497. The topological polar surface area (TPSA) is 207 Å². The number of rotatable bonds is 15. The van der Waals surface area contributed by atoms with Crippen molar-refractivity contribution in [1.29, 1.82) is 0 Å². The number of ketones is 3. The van der Waals surface area contributed by atoms with Gasteiger partial charge in [0.15, 0.2) is 17.3 Å². The van der Waals surface area contributed by atoms with E-state index in [1.165, 1.54) is 141 Å². The Hall–Kier alpha value is -10.5. The summed E-state index contributed by atoms with van der Waals surface area (Å²) in [7, 11) is 0. The van der Waals surface area contributed by atoms with E-state index in [4.69, 9.17) is 35.3 Å². The Balaban J connectivity index is 0.000000281. The van der Waals surface area contributed by atoms with E-state index in [1.807, 2.05) is 152 Å². The average Bonchev–Trinajstić information content (AvgIpc) is 1.79. The van der Waals surface area contributed by atoms with E-state index in [-0.39, 0.29) is 136 Å². The fraction of sp³-hybridized carbons (Fsp3) is 0.200. The average molecular weight is 2620 g/mol. The molecule has 0 atom stereocenters. The molecule has 9 heterocycles. The third-order valence-corrected chi connectivity index (χ3v) is 21.3. The normalized spacial score (nSPS) is 10.9. The largest absolute Gasteiger partial charge is 4.00 e. The Morgan fingerprint density at radius 1 is 0.357 bits per heavy atom. The van der Waals surface area contributed by atoms with E-state index in [2.05, 4.69) is 204 Å². The Morgan fingerprint density at radius 2 is 0.752 bits per heavy atom. The Bertz CT molecular complexity index is 6180. The first-order chi connectivity index (χ1) is 60.1. The van der Waals surface area contributed by atoms with E-state index >= 15 is 0 Å². The van der Waals surface area contributed by atoms with Crippen LogP contribution in [0.15, 0.2) is 266 Å². The Morgan fingerprint density at radius 3 is 1.16 bits per heavy atom. The van der Waals surface area contributed by atoms with Gasteiger partial charge in [0.05, 0.1) is 22.8 Å². The molecule has 16 aromatic rings. The number of hydrogen-bond donors (Lipinski definition) is 3. The third-order valence-electron chi connectivity index (χ3n) is 20.2. The number of allylic oxidation sites excluding steroid dienone is 6. The summed E-state index contributed by atoms with van der Waals surface area (Å²) in [4.78, 5) is 65.6. The molecule has 0 saturated heterocycles. The van der Waals surface area contributed by atoms with Gasteiger partial charge in [-0.1, -0.05) is 221 Å². The monoisotopic (exact) mass is 2620 g/mol. The molecule has 0 saturated carbocycles. The molecule has 4 radical (unpaired) electrons. The summed E-state index contributed by atoms with van der Waals surface area (Å²) in [6.45, 7) is 26.5. The minimum Gasteiger partial charge on any atom is -0.657 e. The maximum Gasteiger partial charge on any atom is 4.00 e. The van der Waals surface area contributed by atoms with Crippen LogP contribution in [-0.4, -0.2) is 47.6 Å². The number of carbonyl (C=O) groups excluding carboxylic acids is 3. The van der Waals surface area contributed by atoms with Gasteiger partial charge in [-0.05, 0) is 148 Å². The first-order valence-electron chi connectivity index (χ1n) is 42.2. The van der Waals surface area contributed by atoms with Gasteiger partial charge in [-0.25, -0.2) is 22.5 Å². The number of pyridine rings is 3. The molecule has 3 N–H and O–H groups in total. The summed E-state index contributed by atoms with van der Waals surface area (Å²) in [5, 5.41) is 36.5. The van der Waals surface area contributed by atoms with Crippen LogP contribution in [0.1, 0.15) is 164 Å². The van der Waals surface area contributed by atoms with Crippen molar-refractivity contribution >= 4 is 95.5 Å². The van der Waals surface area contributed by atoms with Gasteiger partial charge in [-0.2, -0.15) is 36.4 Å². The zero-order valence-electron chi connectivity index (χ0n) is 74.9. The molecule has 19 heteroatoms. The van der Waals surface area contributed by atoms with Crippen LogP contribution in [0.5, 0.6) is 0 Å². The number of aliphatic hydroxyl groups excluding tert-OH is 3. The van der Waals surface area contributed by atoms with E-state index in [1.54, 1.807) is 11.3 Å². The number of carbonyl (C=O) groups is 3. The molecule has 8 aromatic heterocycles. The van der Waals surface area contributed by atoms with Gasteiger partial charge in [-0.3, -0.25) is 19.4 Å². The second-order valence-electron chi connectivity index (χ2n) is 29.3. The smallest absolute Gasteiger partial charge is 0.657 e. The molecule has 17 rings (SSSR count). The van der Waals surface area contributed by atoms with Gasteiger partial charge in [0.25, 0.3) is 0 Å². The number of benzene rings is 8. The van der Waals surface area contributed by atoms with Gasteiger partial charge in [0.1, 0.15) is 0 Å². The van der Waals surface area contributed by atoms with Crippen molar-refractivity contribution in [2.75, 3.05) is 0 Å². The molecular formula is C110H106Ir4N7O6PtS-5. The SMILES string of the molecule is CC(=O)C=C(C)O.CC(=O)C=C(C)O.CC(=O)C=C(C)O.CCc1c2[n-]c(c1CC)C=c1[n-]c(c(CC)c1CC)=Cc1[n-]c(c(CC)c1CC)C=c1[n-]c(c(CC)c1CC)=C2.[Ir].[Ir].[Ir].[Ir].[Pt+4].[c-]1c(-c2ccccn2)sc2ccccc12.[c-]1ccccc1-c1[c-]ccc2ccccc12.[c-]1ccccc1-c1ccc2ccccc2n1.[c-]1ccccc1-c1nccc2ccccc12. The standard InChI is InChI=1S/C36H44N4.C16H10.2C15H10N.C13H8NS.3C5H8O2.4Ir.Pt/c1-9-21-22(10-2)30-18-32-25(13-5)26(14-6)34(39-32)20-36-28(16-8)27(15-7)35(40-36)19-33-24(12-4)23(11-3)31(38-33)17-29(21)37-30;1-2-7-13(8-3-1)16-12-6-10-14-9-4-5-11-15(14)16;1-2-7-13(8-3-1)15-14-9-5-4-6-12(14)10-11-16-15;1-2-6-12(7-3-1)15-11-10-13-8-4-5-9-14(13)16-15;1-2-7-12-10(5-1)9-13(15-12)11-6-3-4-8-14-11;3*1-4(6)3-5(2)7;;;;;/h17-20H,9-16H2,1-8H3;2*1-7,9-11H;1-6,8-11H;1-8H;3*3,6H,1-2H3;;;;;/q-4;-2;3*-1;;;;;;;;+4. The van der Waals surface area contributed by atoms with E-state index in [9.17, 15) is 14.4 Å². The Kier molecular flexibility index (Phi) is 46.9. The number of nitrogens with zero attached hydrogens (tertiary/aromatic N) is 7. The molecule has 0 spiro atoms. The molecule has 0 amide bonds. The van der Waals surface area contributed by atoms with Crippen LogP contribution in [0.25, 0.3) is 111 Å². The van der Waals surface area contributed by atoms with Crippen molar-refractivity contribution in [3.8, 4) is 44.2 Å². The van der Waals surface area contributed by atoms with Crippen LogP contribution < -0.4 is 41.3 Å². The van der Waals surface area contributed by atoms with E-state index < -0.39 is 0 Å². The maximum absolute atomic E-state index is 10.0. The van der Waals surface area contributed by atoms with Gasteiger partial charge in [-0.15, -0.1) is 169 Å². The van der Waals surface area contributed by atoms with Crippen LogP contribution in [-0.2, 0) is 167 Å². The fourth-order valence-electron chi connectivity index (χ4n) is 14.9. The molecule has 0 unspecified atom stereocenters. The first-order valence-corrected chi connectivity index (χ1v) is 43.0. The number of hydrogen-bond acceptors (Lipinski definition) is 10. The molecule has 1 aliphatic rings. The number of thiophene rings is 1. The van der Waals surface area contributed by atoms with Crippen LogP contribution in [0.2, 0.25) is 0 Å². The van der Waals surface area contributed by atoms with Gasteiger partial charge >= 0.3 is 21.1 Å². The summed E-state index contributed by atoms with van der Waals surface area (Å²) in [5.74, 6) is -0.187. The van der Waals surface area contributed by atoms with Crippen LogP contribution in [0.3, 0.4) is 0 Å². The molecule has 0 fully saturated rings. The predicted octanol–water partition coefficient (Wildman–Crippen LogP) is 22.0. The summed E-state index contributed by atoms with van der Waals surface area (Å²) in [5.41, 5.74) is 23.2. The molecule has 8 aromatic carbocycles. The van der Waals surface area contributed by atoms with Crippen LogP contribution >= 0.6 is 11.3 Å². The van der Waals surface area contributed by atoms with Crippen LogP contribution in [0.4, 0.5) is 0 Å². The van der Waals surface area contributed by atoms with Gasteiger partial charge in [0, 0.05) is 117 Å². The minimum atomic E-state index is -0.125. The van der Waals surface area contributed by atoms with Crippen molar-refractivity contribution in [1.82, 2.24) is 34.9 Å².